The number of carbonyl (C=O) groups excluding carboxylic acids is 3. The van der Waals surface area contributed by atoms with Crippen LogP contribution in [-0.2, 0) is 19.1 Å². The number of amides is 3. The Morgan fingerprint density at radius 3 is 2.09 bits per heavy atom. The van der Waals surface area contributed by atoms with Crippen molar-refractivity contribution < 1.29 is 29.0 Å². The number of rotatable bonds is 8. The van der Waals surface area contributed by atoms with E-state index in [1.165, 1.54) is 4.90 Å². The summed E-state index contributed by atoms with van der Waals surface area (Å²) in [5.74, 6) is -2.10. The molecule has 4 heterocycles. The molecule has 0 aromatic heterocycles. The Morgan fingerprint density at radius 1 is 0.886 bits per heavy atom. The van der Waals surface area contributed by atoms with Gasteiger partial charge in [0.05, 0.1) is 36.7 Å². The molecule has 2 aromatic rings. The lowest BCUT2D eigenvalue weighted by atomic mass is 9.73. The second kappa shape index (κ2) is 11.7. The van der Waals surface area contributed by atoms with Crippen LogP contribution in [0, 0.1) is 11.8 Å². The number of hydrogen-bond donors (Lipinski definition) is 1. The zero-order valence-electron chi connectivity index (χ0n) is 25.2. The van der Waals surface area contributed by atoms with Gasteiger partial charge in [-0.25, -0.2) is 0 Å². The number of carbonyl (C=O) groups is 3. The maximum absolute atomic E-state index is 14.7. The summed E-state index contributed by atoms with van der Waals surface area (Å²) in [6.07, 6.45) is 8.35. The Hall–Kier alpha value is -3.66. The molecule has 10 heteroatoms. The van der Waals surface area contributed by atoms with Crippen LogP contribution >= 0.6 is 11.6 Å². The first-order valence-electron chi connectivity index (χ1n) is 15.3. The van der Waals surface area contributed by atoms with Crippen molar-refractivity contribution >= 4 is 40.7 Å². The molecular formula is C34H38ClN3O6. The third kappa shape index (κ3) is 4.55. The number of aliphatic hydroxyl groups excluding tert-OH is 1. The molecule has 0 bridgehead atoms. The van der Waals surface area contributed by atoms with E-state index in [0.29, 0.717) is 48.1 Å². The van der Waals surface area contributed by atoms with Gasteiger partial charge in [0.15, 0.2) is 0 Å². The molecular weight excluding hydrogens is 582 g/mol. The summed E-state index contributed by atoms with van der Waals surface area (Å²) in [4.78, 5) is 48.8. The molecule has 232 valence electrons. The van der Waals surface area contributed by atoms with Crippen LogP contribution in [-0.4, -0.2) is 77.3 Å². The number of likely N-dealkylation sites (tertiary alicyclic amines) is 1. The van der Waals surface area contributed by atoms with Gasteiger partial charge in [0.1, 0.15) is 17.4 Å². The first-order chi connectivity index (χ1) is 21.2. The molecule has 4 aliphatic heterocycles. The summed E-state index contributed by atoms with van der Waals surface area (Å²) in [5.41, 5.74) is -1.22. The Labute approximate surface area is 262 Å². The summed E-state index contributed by atoms with van der Waals surface area (Å²) in [6, 6.07) is 12.6. The third-order valence-corrected chi connectivity index (χ3v) is 9.80. The first kappa shape index (κ1) is 30.4. The molecule has 2 fully saturated rings. The van der Waals surface area contributed by atoms with Gasteiger partial charge in [-0.3, -0.25) is 14.4 Å². The van der Waals surface area contributed by atoms with Gasteiger partial charge in [0, 0.05) is 29.5 Å². The van der Waals surface area contributed by atoms with Crippen molar-refractivity contribution in [3.05, 3.63) is 77.9 Å². The molecule has 1 N–H and O–H groups in total. The maximum atomic E-state index is 14.7. The van der Waals surface area contributed by atoms with Gasteiger partial charge in [0.2, 0.25) is 11.8 Å². The second-order valence-corrected chi connectivity index (χ2v) is 12.2. The fraction of sp³-hybridized carbons (Fsp3) is 0.441. The monoisotopic (exact) mass is 619 g/mol. The first-order valence-corrected chi connectivity index (χ1v) is 15.7. The number of nitrogens with zero attached hydrogens (tertiary/aromatic N) is 3. The number of anilines is 2. The lowest BCUT2D eigenvalue weighted by Crippen LogP contribution is -2.59. The Bertz CT molecular complexity index is 1490. The predicted octanol–water partition coefficient (Wildman–Crippen LogP) is 4.38. The highest BCUT2D eigenvalue weighted by Crippen LogP contribution is 2.59. The fourth-order valence-corrected chi connectivity index (χ4v) is 7.61. The minimum absolute atomic E-state index is 0.242. The number of halogens is 1. The van der Waals surface area contributed by atoms with Crippen LogP contribution in [0.2, 0.25) is 5.02 Å². The minimum atomic E-state index is -1.42. The topological polar surface area (TPSA) is 99.6 Å². The zero-order chi connectivity index (χ0) is 31.2. The van der Waals surface area contributed by atoms with E-state index in [9.17, 15) is 19.5 Å². The largest absolute Gasteiger partial charge is 0.494 e. The minimum Gasteiger partial charge on any atom is -0.494 e. The average Bonchev–Trinajstić information content (AvgIpc) is 3.32. The molecule has 9 nitrogen and oxygen atoms in total. The Morgan fingerprint density at radius 2 is 1.50 bits per heavy atom. The average molecular weight is 620 g/mol. The molecule has 6 rings (SSSR count). The second-order valence-electron chi connectivity index (χ2n) is 11.7. The van der Waals surface area contributed by atoms with Crippen molar-refractivity contribution in [1.82, 2.24) is 4.90 Å². The zero-order valence-corrected chi connectivity index (χ0v) is 25.9. The van der Waals surface area contributed by atoms with Crippen LogP contribution in [0.25, 0.3) is 0 Å². The van der Waals surface area contributed by atoms with Gasteiger partial charge in [0.25, 0.3) is 5.91 Å². The quantitative estimate of drug-likeness (QED) is 0.441. The van der Waals surface area contributed by atoms with Gasteiger partial charge in [-0.15, -0.1) is 0 Å². The van der Waals surface area contributed by atoms with Crippen molar-refractivity contribution in [2.24, 2.45) is 11.8 Å². The van der Waals surface area contributed by atoms with Crippen LogP contribution in [0.3, 0.4) is 0 Å². The van der Waals surface area contributed by atoms with Crippen molar-refractivity contribution in [2.45, 2.75) is 56.9 Å². The molecule has 3 amide bonds. The molecule has 2 aromatic carbocycles. The number of hydrogen-bond acceptors (Lipinski definition) is 6. The van der Waals surface area contributed by atoms with E-state index < -0.39 is 35.1 Å². The number of aliphatic hydroxyl groups is 1. The van der Waals surface area contributed by atoms with Crippen LogP contribution in [0.1, 0.15) is 33.6 Å². The van der Waals surface area contributed by atoms with Gasteiger partial charge >= 0.3 is 0 Å². The summed E-state index contributed by atoms with van der Waals surface area (Å²) in [7, 11) is 0. The van der Waals surface area contributed by atoms with Crippen LogP contribution < -0.4 is 14.5 Å². The van der Waals surface area contributed by atoms with E-state index in [1.807, 2.05) is 69.3 Å². The molecule has 0 radical (unpaired) electrons. The van der Waals surface area contributed by atoms with Crippen molar-refractivity contribution in [2.75, 3.05) is 36.1 Å². The molecule has 4 aliphatic rings. The fourth-order valence-electron chi connectivity index (χ4n) is 7.48. The number of benzene rings is 2. The maximum Gasteiger partial charge on any atom is 0.253 e. The highest BCUT2D eigenvalue weighted by atomic mass is 35.5. The highest BCUT2D eigenvalue weighted by Gasteiger charge is 2.76. The molecule has 2 saturated heterocycles. The van der Waals surface area contributed by atoms with E-state index >= 15 is 0 Å². The van der Waals surface area contributed by atoms with E-state index in [-0.39, 0.29) is 30.9 Å². The molecule has 6 atom stereocenters. The van der Waals surface area contributed by atoms with Gasteiger partial charge in [-0.1, -0.05) is 49.8 Å². The predicted molar refractivity (Wildman–Crippen MR) is 168 cm³/mol. The lowest BCUT2D eigenvalue weighted by Gasteiger charge is -2.40. The molecule has 1 unspecified atom stereocenters. The highest BCUT2D eigenvalue weighted by molar-refractivity contribution is 6.30. The van der Waals surface area contributed by atoms with Crippen LogP contribution in [0.15, 0.2) is 72.8 Å². The lowest BCUT2D eigenvalue weighted by molar-refractivity contribution is -0.149. The molecule has 0 aliphatic carbocycles. The van der Waals surface area contributed by atoms with Gasteiger partial charge < -0.3 is 29.3 Å². The van der Waals surface area contributed by atoms with Gasteiger partial charge in [-0.2, -0.15) is 0 Å². The normalized spacial score (nSPS) is 30.2. The van der Waals surface area contributed by atoms with E-state index in [1.54, 1.807) is 34.1 Å². The van der Waals surface area contributed by atoms with E-state index in [2.05, 4.69) is 0 Å². The summed E-state index contributed by atoms with van der Waals surface area (Å²) in [5, 5.41) is 11.0. The molecule has 44 heavy (non-hydrogen) atoms. The van der Waals surface area contributed by atoms with Crippen LogP contribution in [0.4, 0.5) is 11.4 Å². The molecule has 1 spiro atoms. The van der Waals surface area contributed by atoms with Crippen LogP contribution in [0.5, 0.6) is 5.75 Å². The SMILES string of the molecule is CCOc1ccc(N2CC=C[C@@]3(CC)O[C@]45C=CCN(c6ccc(Cl)cc6)C(=O)C4N([C@@H](CC)CO)C(=O)[C@@H]5[C@H]3C2=O)cc1. The summed E-state index contributed by atoms with van der Waals surface area (Å²) in [6.45, 7) is 6.48. The van der Waals surface area contributed by atoms with E-state index in [0.717, 1.165) is 0 Å². The molecule has 0 saturated carbocycles. The summed E-state index contributed by atoms with van der Waals surface area (Å²) >= 11 is 6.14. The van der Waals surface area contributed by atoms with Crippen molar-refractivity contribution in [1.29, 1.82) is 0 Å². The number of fused-ring (bicyclic) bond motifs is 2. The summed E-state index contributed by atoms with van der Waals surface area (Å²) < 4.78 is 12.6. The smallest absolute Gasteiger partial charge is 0.253 e. The van der Waals surface area contributed by atoms with Gasteiger partial charge in [-0.05, 0) is 68.3 Å². The van der Waals surface area contributed by atoms with E-state index in [4.69, 9.17) is 21.1 Å². The van der Waals surface area contributed by atoms with Crippen molar-refractivity contribution in [3.63, 3.8) is 0 Å². The third-order valence-electron chi connectivity index (χ3n) is 9.55. The Balaban J connectivity index is 1.47. The number of ether oxygens (including phenoxy) is 2. The standard InChI is InChI=1S/C34H38ClN3O6/c1-4-23(21-39)38-29-32(42)37(24-11-9-22(35)10-12-24)20-8-18-34(29)28(31(38)41)27-30(40)36(19-7-17-33(27,5-2)44-34)25-13-15-26(16-14-25)43-6-3/h7-18,23,27-29,39H,4-6,19-21H2,1-3H3/t23-,27-,28-,29?,33+,34-/m0/s1. The Kier molecular flexibility index (Phi) is 8.07. The van der Waals surface area contributed by atoms with Crippen molar-refractivity contribution in [3.8, 4) is 5.75 Å².